The van der Waals surface area contributed by atoms with Crippen molar-refractivity contribution in [2.75, 3.05) is 0 Å². The van der Waals surface area contributed by atoms with Crippen LogP contribution in [0.25, 0.3) is 146 Å². The quantitative estimate of drug-likeness (QED) is 0.132. The second kappa shape index (κ2) is 20.8. The number of benzene rings is 11. The van der Waals surface area contributed by atoms with Crippen molar-refractivity contribution in [1.29, 1.82) is 10.5 Å². The number of fused-ring (bicyclic) bond motifs is 6. The van der Waals surface area contributed by atoms with Crippen molar-refractivity contribution in [3.8, 4) is 114 Å². The Morgan fingerprint density at radius 3 is 1.04 bits per heavy atom. The van der Waals surface area contributed by atoms with Crippen LogP contribution >= 0.6 is 0 Å². The highest BCUT2D eigenvalue weighted by Gasteiger charge is 2.24. The Hall–Kier alpha value is -12.0. The molecule has 0 atom stereocenters. The standard InChI is InChI=1S/C75H46N10/c1-47-40-48(45-76)30-35-57(47)54-32-37-69(85-65-29-17-15-27-59(65)62-44-56(34-39-68(62)85)75-82-72(52-22-10-4-11-23-52)79-73(83-75)53-24-12-5-13-25-53)63(42-54)60-41-49(46-77)31-36-66(60)84-64-28-16-14-26-58(64)61-43-55(33-38-67(61)84)74-80-70(50-18-6-2-7-19-50)78-71(81-74)51-20-8-3-9-21-51/h2-44H,1H3. The van der Waals surface area contributed by atoms with E-state index >= 15 is 0 Å². The van der Waals surface area contributed by atoms with Gasteiger partial charge in [0.15, 0.2) is 34.9 Å². The summed E-state index contributed by atoms with van der Waals surface area (Å²) in [5.74, 6) is 3.48. The van der Waals surface area contributed by atoms with Gasteiger partial charge in [-0.3, -0.25) is 0 Å². The van der Waals surface area contributed by atoms with Crippen LogP contribution in [0.2, 0.25) is 0 Å². The van der Waals surface area contributed by atoms with Gasteiger partial charge in [-0.1, -0.05) is 170 Å². The maximum Gasteiger partial charge on any atom is 0.164 e. The van der Waals surface area contributed by atoms with Crippen molar-refractivity contribution < 1.29 is 0 Å². The fourth-order valence-corrected chi connectivity index (χ4v) is 11.8. The SMILES string of the molecule is Cc1cc(C#N)ccc1-c1ccc(-n2c3ccccc3c3cc(-c4nc(-c5ccccc5)nc(-c5ccccc5)n4)ccc32)c(-c2cc(C#N)ccc2-n2c3ccccc3c3cc(-c4nc(-c5ccccc5)nc(-c5ccccc5)n4)ccc32)c1. The van der Waals surface area contributed by atoms with Crippen LogP contribution in [0.4, 0.5) is 0 Å². The van der Waals surface area contributed by atoms with Crippen LogP contribution in [0.3, 0.4) is 0 Å². The summed E-state index contributed by atoms with van der Waals surface area (Å²) in [5, 5.41) is 24.9. The number of nitrogens with zero attached hydrogens (tertiary/aromatic N) is 10. The molecule has 0 aliphatic rings. The van der Waals surface area contributed by atoms with Gasteiger partial charge in [0.1, 0.15) is 0 Å². The van der Waals surface area contributed by atoms with E-state index in [4.69, 9.17) is 29.9 Å². The van der Waals surface area contributed by atoms with Gasteiger partial charge in [0.05, 0.1) is 56.7 Å². The molecule has 4 heterocycles. The number of hydrogen-bond acceptors (Lipinski definition) is 8. The molecular formula is C75H46N10. The molecule has 0 fully saturated rings. The van der Waals surface area contributed by atoms with Gasteiger partial charge in [0, 0.05) is 66.1 Å². The van der Waals surface area contributed by atoms with E-state index in [2.05, 4.69) is 130 Å². The van der Waals surface area contributed by atoms with Crippen molar-refractivity contribution in [3.05, 3.63) is 278 Å². The minimum Gasteiger partial charge on any atom is -0.309 e. The molecule has 0 saturated heterocycles. The average molecular weight is 1090 g/mol. The molecule has 0 bridgehead atoms. The molecule has 4 aromatic heterocycles. The first-order chi connectivity index (χ1) is 41.9. The molecule has 10 heteroatoms. The predicted octanol–water partition coefficient (Wildman–Crippen LogP) is 17.6. The molecule has 15 aromatic rings. The third-order valence-corrected chi connectivity index (χ3v) is 15.8. The van der Waals surface area contributed by atoms with E-state index in [0.717, 1.165) is 116 Å². The van der Waals surface area contributed by atoms with Crippen LogP contribution in [0.15, 0.2) is 261 Å². The Balaban J connectivity index is 0.949. The molecule has 10 nitrogen and oxygen atoms in total. The summed E-state index contributed by atoms with van der Waals surface area (Å²) < 4.78 is 4.65. The maximum absolute atomic E-state index is 10.8. The fraction of sp³-hybridized carbons (Fsp3) is 0.0133. The van der Waals surface area contributed by atoms with Gasteiger partial charge >= 0.3 is 0 Å². The van der Waals surface area contributed by atoms with Gasteiger partial charge in [0.25, 0.3) is 0 Å². The van der Waals surface area contributed by atoms with E-state index in [1.807, 2.05) is 159 Å². The lowest BCUT2D eigenvalue weighted by atomic mass is 9.92. The molecule has 15 rings (SSSR count). The molecule has 0 amide bonds. The third kappa shape index (κ3) is 8.91. The van der Waals surface area contributed by atoms with E-state index in [9.17, 15) is 10.5 Å². The van der Waals surface area contributed by atoms with Crippen LogP contribution in [0.5, 0.6) is 0 Å². The largest absolute Gasteiger partial charge is 0.309 e. The fourth-order valence-electron chi connectivity index (χ4n) is 11.8. The zero-order valence-electron chi connectivity index (χ0n) is 45.8. The van der Waals surface area contributed by atoms with Crippen molar-refractivity contribution in [2.24, 2.45) is 0 Å². The van der Waals surface area contributed by atoms with Crippen molar-refractivity contribution in [1.82, 2.24) is 39.0 Å². The second-order valence-electron chi connectivity index (χ2n) is 21.0. The first-order valence-electron chi connectivity index (χ1n) is 28.0. The number of nitriles is 2. The average Bonchev–Trinajstić information content (AvgIpc) is 2.16. The van der Waals surface area contributed by atoms with E-state index in [-0.39, 0.29) is 0 Å². The first-order valence-corrected chi connectivity index (χ1v) is 28.0. The summed E-state index contributed by atoms with van der Waals surface area (Å²) in [7, 11) is 0. The lowest BCUT2D eigenvalue weighted by molar-refractivity contribution is 1.07. The van der Waals surface area contributed by atoms with Gasteiger partial charge in [-0.05, 0) is 115 Å². The molecule has 0 spiro atoms. The molecule has 0 saturated carbocycles. The van der Waals surface area contributed by atoms with Crippen molar-refractivity contribution in [3.63, 3.8) is 0 Å². The Morgan fingerprint density at radius 1 is 0.271 bits per heavy atom. The van der Waals surface area contributed by atoms with Gasteiger partial charge in [-0.2, -0.15) is 10.5 Å². The van der Waals surface area contributed by atoms with Crippen LogP contribution in [0, 0.1) is 29.6 Å². The minimum absolute atomic E-state index is 0.514. The highest BCUT2D eigenvalue weighted by atomic mass is 15.1. The van der Waals surface area contributed by atoms with E-state index < -0.39 is 0 Å². The lowest BCUT2D eigenvalue weighted by Gasteiger charge is -2.20. The highest BCUT2D eigenvalue weighted by Crippen LogP contribution is 2.44. The normalized spacial score (nSPS) is 11.3. The van der Waals surface area contributed by atoms with Crippen molar-refractivity contribution >= 4 is 43.6 Å². The van der Waals surface area contributed by atoms with Crippen LogP contribution in [-0.4, -0.2) is 39.0 Å². The molecule has 396 valence electrons. The number of rotatable bonds is 10. The number of hydrogen-bond donors (Lipinski definition) is 0. The van der Waals surface area contributed by atoms with Gasteiger partial charge < -0.3 is 9.13 Å². The molecule has 0 radical (unpaired) electrons. The second-order valence-corrected chi connectivity index (χ2v) is 21.0. The van der Waals surface area contributed by atoms with Crippen molar-refractivity contribution in [2.45, 2.75) is 6.92 Å². The topological polar surface area (TPSA) is 135 Å². The molecule has 85 heavy (non-hydrogen) atoms. The molecule has 11 aromatic carbocycles. The lowest BCUT2D eigenvalue weighted by Crippen LogP contribution is -2.03. The molecular weight excluding hydrogens is 1040 g/mol. The summed E-state index contributed by atoms with van der Waals surface area (Å²) in [6.45, 7) is 2.04. The molecule has 0 N–H and O–H groups in total. The van der Waals surface area contributed by atoms with Crippen LogP contribution in [0.1, 0.15) is 16.7 Å². The zero-order valence-corrected chi connectivity index (χ0v) is 45.8. The van der Waals surface area contributed by atoms with Crippen LogP contribution < -0.4 is 0 Å². The number of aryl methyl sites for hydroxylation is 1. The zero-order chi connectivity index (χ0) is 57.0. The predicted molar refractivity (Wildman–Crippen MR) is 340 cm³/mol. The summed E-state index contributed by atoms with van der Waals surface area (Å²) in [4.78, 5) is 30.4. The van der Waals surface area contributed by atoms with Gasteiger partial charge in [-0.15, -0.1) is 0 Å². The molecule has 0 aliphatic heterocycles. The first kappa shape index (κ1) is 50.0. The Kier molecular flexibility index (Phi) is 12.3. The third-order valence-electron chi connectivity index (χ3n) is 15.8. The summed E-state index contributed by atoms with van der Waals surface area (Å²) >= 11 is 0. The highest BCUT2D eigenvalue weighted by molar-refractivity contribution is 6.13. The summed E-state index contributed by atoms with van der Waals surface area (Å²) in [6, 6.07) is 93.1. The van der Waals surface area contributed by atoms with Crippen LogP contribution in [-0.2, 0) is 0 Å². The van der Waals surface area contributed by atoms with E-state index in [1.54, 1.807) is 0 Å². The number of para-hydroxylation sites is 2. The Morgan fingerprint density at radius 2 is 0.612 bits per heavy atom. The van der Waals surface area contributed by atoms with Gasteiger partial charge in [0.2, 0.25) is 0 Å². The van der Waals surface area contributed by atoms with E-state index in [0.29, 0.717) is 46.1 Å². The smallest absolute Gasteiger partial charge is 0.164 e. The Labute approximate surface area is 489 Å². The molecule has 0 aliphatic carbocycles. The maximum atomic E-state index is 10.8. The molecule has 0 unspecified atom stereocenters. The number of aromatic nitrogens is 8. The Bertz CT molecular complexity index is 5100. The summed E-state index contributed by atoms with van der Waals surface area (Å²) in [6.07, 6.45) is 0. The van der Waals surface area contributed by atoms with E-state index in [1.165, 1.54) is 0 Å². The summed E-state index contributed by atoms with van der Waals surface area (Å²) in [5.41, 5.74) is 16.8. The minimum atomic E-state index is 0.514. The van der Waals surface area contributed by atoms with Gasteiger partial charge in [-0.25, -0.2) is 29.9 Å². The monoisotopic (exact) mass is 1090 g/mol.